The number of imidazole rings is 1. The highest BCUT2D eigenvalue weighted by Gasteiger charge is 2.38. The van der Waals surface area contributed by atoms with E-state index in [0.29, 0.717) is 26.1 Å². The number of sulfonamides is 1. The molecule has 2 aliphatic rings. The lowest BCUT2D eigenvalue weighted by Gasteiger charge is -2.21. The fourth-order valence-corrected chi connectivity index (χ4v) is 5.37. The molecule has 0 radical (unpaired) electrons. The quantitative estimate of drug-likeness (QED) is 0.932. The zero-order valence-corrected chi connectivity index (χ0v) is 13.2. The van der Waals surface area contributed by atoms with E-state index in [1.54, 1.807) is 4.31 Å². The van der Waals surface area contributed by atoms with Crippen molar-refractivity contribution in [3.8, 4) is 0 Å². The Morgan fingerprint density at radius 2 is 1.91 bits per heavy atom. The van der Waals surface area contributed by atoms with Gasteiger partial charge in [-0.3, -0.25) is 0 Å². The average molecular weight is 320 g/mol. The predicted octanol–water partition coefficient (Wildman–Crippen LogP) is 1.57. The number of nitrogens with zero attached hydrogens (tertiary/aromatic N) is 3. The molecule has 1 aromatic carbocycles. The topological polar surface area (TPSA) is 69.3 Å². The highest BCUT2D eigenvalue weighted by atomic mass is 32.2. The molecule has 0 amide bonds. The molecule has 0 bridgehead atoms. The van der Waals surface area contributed by atoms with Crippen molar-refractivity contribution in [3.05, 3.63) is 24.3 Å². The van der Waals surface area contributed by atoms with E-state index in [-0.39, 0.29) is 5.25 Å². The van der Waals surface area contributed by atoms with E-state index >= 15 is 0 Å². The maximum absolute atomic E-state index is 12.7. The number of para-hydroxylation sites is 2. The van der Waals surface area contributed by atoms with Crippen molar-refractivity contribution in [2.24, 2.45) is 0 Å². The molecule has 3 heterocycles. The van der Waals surface area contributed by atoms with Crippen LogP contribution in [0.2, 0.25) is 0 Å². The van der Waals surface area contributed by atoms with Crippen LogP contribution in [-0.2, 0) is 10.0 Å². The maximum atomic E-state index is 12.7. The standard InChI is InChI=1S/C15H20N4O2S/c20-22(21,19-8-3-4-9-19)12-7-10-18(11-12)15-16-13-5-1-2-6-14(13)17-15/h1-2,5-6,12H,3-4,7-11H2,(H,16,17). The number of hydrogen-bond donors (Lipinski definition) is 1. The lowest BCUT2D eigenvalue weighted by atomic mass is 10.3. The molecule has 0 aliphatic carbocycles. The molecular formula is C15H20N4O2S. The molecule has 0 saturated carbocycles. The summed E-state index contributed by atoms with van der Waals surface area (Å²) in [6.07, 6.45) is 2.65. The van der Waals surface area contributed by atoms with Gasteiger partial charge in [-0.2, -0.15) is 0 Å². The van der Waals surface area contributed by atoms with Gasteiger partial charge in [0.25, 0.3) is 0 Å². The van der Waals surface area contributed by atoms with Gasteiger partial charge in [-0.25, -0.2) is 17.7 Å². The third-order valence-corrected chi connectivity index (χ3v) is 6.98. The zero-order chi connectivity index (χ0) is 15.2. The van der Waals surface area contributed by atoms with E-state index in [9.17, 15) is 8.42 Å². The van der Waals surface area contributed by atoms with Crippen LogP contribution in [0, 0.1) is 0 Å². The Kier molecular flexibility index (Phi) is 3.34. The molecule has 22 heavy (non-hydrogen) atoms. The van der Waals surface area contributed by atoms with Crippen molar-refractivity contribution in [2.45, 2.75) is 24.5 Å². The van der Waals surface area contributed by atoms with E-state index in [0.717, 1.165) is 36.4 Å². The Labute approximate surface area is 130 Å². The summed E-state index contributed by atoms with van der Waals surface area (Å²) in [6.45, 7) is 2.63. The Balaban J connectivity index is 1.54. The summed E-state index contributed by atoms with van der Waals surface area (Å²) in [6, 6.07) is 7.87. The predicted molar refractivity (Wildman–Crippen MR) is 86.4 cm³/mol. The highest BCUT2D eigenvalue weighted by molar-refractivity contribution is 7.89. The smallest absolute Gasteiger partial charge is 0.218 e. The van der Waals surface area contributed by atoms with Crippen LogP contribution in [0.3, 0.4) is 0 Å². The monoisotopic (exact) mass is 320 g/mol. The highest BCUT2D eigenvalue weighted by Crippen LogP contribution is 2.27. The molecule has 2 aromatic rings. The second-order valence-electron chi connectivity index (χ2n) is 6.09. The van der Waals surface area contributed by atoms with Gasteiger partial charge in [0.15, 0.2) is 0 Å². The molecule has 7 heteroatoms. The number of aromatic nitrogens is 2. The third kappa shape index (κ3) is 2.28. The minimum absolute atomic E-state index is 0.307. The molecular weight excluding hydrogens is 300 g/mol. The SMILES string of the molecule is O=S(=O)(C1CCN(c2nc3ccccc3[nH]2)C1)N1CCCC1. The van der Waals surface area contributed by atoms with Crippen LogP contribution in [0.4, 0.5) is 5.95 Å². The van der Waals surface area contributed by atoms with Crippen LogP contribution in [0.5, 0.6) is 0 Å². The van der Waals surface area contributed by atoms with Crippen molar-refractivity contribution in [3.63, 3.8) is 0 Å². The number of aromatic amines is 1. The normalized spacial score (nSPS) is 23.6. The van der Waals surface area contributed by atoms with Gasteiger partial charge in [0, 0.05) is 26.2 Å². The fraction of sp³-hybridized carbons (Fsp3) is 0.533. The summed E-state index contributed by atoms with van der Waals surface area (Å²) in [5, 5.41) is -0.307. The van der Waals surface area contributed by atoms with Crippen LogP contribution in [0.15, 0.2) is 24.3 Å². The second-order valence-corrected chi connectivity index (χ2v) is 8.30. The maximum Gasteiger partial charge on any atom is 0.218 e. The summed E-state index contributed by atoms with van der Waals surface area (Å²) in [5.41, 5.74) is 1.91. The van der Waals surface area contributed by atoms with Crippen LogP contribution in [-0.4, -0.2) is 54.1 Å². The summed E-state index contributed by atoms with van der Waals surface area (Å²) in [7, 11) is -3.16. The fourth-order valence-electron chi connectivity index (χ4n) is 3.41. The number of nitrogens with one attached hydrogen (secondary N) is 1. The first-order valence-electron chi connectivity index (χ1n) is 7.83. The molecule has 2 fully saturated rings. The van der Waals surface area contributed by atoms with Crippen molar-refractivity contribution in [1.82, 2.24) is 14.3 Å². The summed E-state index contributed by atoms with van der Waals surface area (Å²) < 4.78 is 27.0. The molecule has 6 nitrogen and oxygen atoms in total. The first-order chi connectivity index (χ1) is 10.6. The van der Waals surface area contributed by atoms with Crippen molar-refractivity contribution < 1.29 is 8.42 Å². The van der Waals surface area contributed by atoms with Gasteiger partial charge in [0.1, 0.15) is 0 Å². The molecule has 2 aliphatic heterocycles. The molecule has 1 atom stereocenters. The van der Waals surface area contributed by atoms with Gasteiger partial charge in [-0.15, -0.1) is 0 Å². The van der Waals surface area contributed by atoms with Gasteiger partial charge in [0.2, 0.25) is 16.0 Å². The molecule has 0 spiro atoms. The molecule has 1 aromatic heterocycles. The Morgan fingerprint density at radius 1 is 1.14 bits per heavy atom. The molecule has 2 saturated heterocycles. The van der Waals surface area contributed by atoms with Crippen molar-refractivity contribution >= 4 is 27.0 Å². The summed E-state index contributed by atoms with van der Waals surface area (Å²) >= 11 is 0. The number of benzene rings is 1. The third-order valence-electron chi connectivity index (χ3n) is 4.67. The van der Waals surface area contributed by atoms with Crippen LogP contribution in [0.1, 0.15) is 19.3 Å². The van der Waals surface area contributed by atoms with E-state index < -0.39 is 10.0 Å². The van der Waals surface area contributed by atoms with E-state index in [2.05, 4.69) is 14.9 Å². The van der Waals surface area contributed by atoms with Gasteiger partial charge in [-0.05, 0) is 31.4 Å². The molecule has 1 N–H and O–H groups in total. The van der Waals surface area contributed by atoms with Gasteiger partial charge in [0.05, 0.1) is 16.3 Å². The minimum Gasteiger partial charge on any atom is -0.341 e. The van der Waals surface area contributed by atoms with E-state index in [4.69, 9.17) is 0 Å². The average Bonchev–Trinajstić information content (AvgIpc) is 3.25. The van der Waals surface area contributed by atoms with Gasteiger partial charge in [-0.1, -0.05) is 12.1 Å². The first-order valence-corrected chi connectivity index (χ1v) is 9.33. The Morgan fingerprint density at radius 3 is 2.68 bits per heavy atom. The van der Waals surface area contributed by atoms with Crippen LogP contribution < -0.4 is 4.90 Å². The lowest BCUT2D eigenvalue weighted by molar-refractivity contribution is 0.467. The number of hydrogen-bond acceptors (Lipinski definition) is 4. The van der Waals surface area contributed by atoms with Crippen molar-refractivity contribution in [2.75, 3.05) is 31.1 Å². The zero-order valence-electron chi connectivity index (χ0n) is 12.4. The van der Waals surface area contributed by atoms with Gasteiger partial charge < -0.3 is 9.88 Å². The summed E-state index contributed by atoms with van der Waals surface area (Å²) in [4.78, 5) is 9.91. The number of H-pyrrole nitrogens is 1. The van der Waals surface area contributed by atoms with Crippen molar-refractivity contribution in [1.29, 1.82) is 0 Å². The van der Waals surface area contributed by atoms with Crippen LogP contribution in [0.25, 0.3) is 11.0 Å². The number of anilines is 1. The second kappa shape index (κ2) is 5.24. The largest absolute Gasteiger partial charge is 0.341 e. The first kappa shape index (κ1) is 14.0. The number of fused-ring (bicyclic) bond motifs is 1. The van der Waals surface area contributed by atoms with Gasteiger partial charge >= 0.3 is 0 Å². The van der Waals surface area contributed by atoms with E-state index in [1.807, 2.05) is 24.3 Å². The van der Waals surface area contributed by atoms with Crippen LogP contribution >= 0.6 is 0 Å². The summed E-state index contributed by atoms with van der Waals surface area (Å²) in [5.74, 6) is 0.778. The Bertz CT molecular complexity index is 747. The molecule has 4 rings (SSSR count). The minimum atomic E-state index is -3.16. The number of rotatable bonds is 3. The Hall–Kier alpha value is -1.60. The lowest BCUT2D eigenvalue weighted by Crippen LogP contribution is -2.38. The molecule has 118 valence electrons. The van der Waals surface area contributed by atoms with E-state index in [1.165, 1.54) is 0 Å². The molecule has 1 unspecified atom stereocenters.